The van der Waals surface area contributed by atoms with Crippen LogP contribution in [-0.2, 0) is 16.9 Å². The molecule has 1 aliphatic heterocycles. The lowest BCUT2D eigenvalue weighted by atomic mass is 9.81. The van der Waals surface area contributed by atoms with Gasteiger partial charge in [-0.1, -0.05) is 48.0 Å². The van der Waals surface area contributed by atoms with Crippen LogP contribution in [-0.4, -0.2) is 10.4 Å². The van der Waals surface area contributed by atoms with Crippen molar-refractivity contribution < 1.29 is 9.53 Å². The summed E-state index contributed by atoms with van der Waals surface area (Å²) in [5.74, 6) is 0.0462. The number of ketones is 1. The molecule has 0 bridgehead atoms. The number of aromatic nitrogens is 1. The van der Waals surface area contributed by atoms with E-state index in [-0.39, 0.29) is 17.4 Å². The summed E-state index contributed by atoms with van der Waals surface area (Å²) in [4.78, 5) is 13.6. The number of fused-ring (bicyclic) bond motifs is 3. The summed E-state index contributed by atoms with van der Waals surface area (Å²) < 4.78 is 8.16. The van der Waals surface area contributed by atoms with Crippen molar-refractivity contribution in [3.63, 3.8) is 0 Å². The molecule has 2 heterocycles. The molecular formula is C27H25ClN2O2. The number of nitrogens with zero attached hydrogens (tertiary/aromatic N) is 2. The first-order chi connectivity index (χ1) is 15.5. The predicted octanol–water partition coefficient (Wildman–Crippen LogP) is 6.88. The van der Waals surface area contributed by atoms with Crippen LogP contribution in [0, 0.1) is 11.3 Å². The molecule has 0 fully saturated rings. The van der Waals surface area contributed by atoms with Gasteiger partial charge in [-0.3, -0.25) is 4.79 Å². The van der Waals surface area contributed by atoms with E-state index in [1.165, 1.54) is 11.1 Å². The van der Waals surface area contributed by atoms with Gasteiger partial charge >= 0.3 is 0 Å². The second-order valence-corrected chi connectivity index (χ2v) is 9.24. The van der Waals surface area contributed by atoms with Gasteiger partial charge in [0.25, 0.3) is 0 Å². The van der Waals surface area contributed by atoms with Crippen molar-refractivity contribution in [1.82, 2.24) is 4.57 Å². The number of Topliss-reactive ketones (excluding diaryl/α,β-unsaturated/α-hetero) is 1. The van der Waals surface area contributed by atoms with Gasteiger partial charge in [-0.2, -0.15) is 5.26 Å². The number of nitriles is 1. The molecule has 0 saturated carbocycles. The highest BCUT2D eigenvalue weighted by molar-refractivity contribution is 6.31. The van der Waals surface area contributed by atoms with E-state index in [1.807, 2.05) is 29.8 Å². The number of carbonyl (C=O) groups is 1. The third kappa shape index (κ3) is 3.46. The lowest BCUT2D eigenvalue weighted by molar-refractivity contribution is -0.0521. The van der Waals surface area contributed by atoms with Crippen molar-refractivity contribution in [2.75, 3.05) is 0 Å². The van der Waals surface area contributed by atoms with Crippen LogP contribution in [0.25, 0.3) is 10.9 Å². The smallest absolute Gasteiger partial charge is 0.190 e. The maximum Gasteiger partial charge on any atom is 0.190 e. The Bertz CT molecular complexity index is 1280. The Labute approximate surface area is 193 Å². The number of halogens is 1. The number of hydrogen-bond donors (Lipinski definition) is 0. The number of hydrogen-bond acceptors (Lipinski definition) is 3. The minimum absolute atomic E-state index is 0.0462. The summed E-state index contributed by atoms with van der Waals surface area (Å²) in [5, 5.41) is 10.9. The van der Waals surface area contributed by atoms with Crippen molar-refractivity contribution in [3.8, 4) is 6.07 Å². The van der Waals surface area contributed by atoms with E-state index in [0.29, 0.717) is 17.2 Å². The Morgan fingerprint density at radius 1 is 1.25 bits per heavy atom. The van der Waals surface area contributed by atoms with Gasteiger partial charge in [-0.05, 0) is 67.9 Å². The monoisotopic (exact) mass is 444 g/mol. The summed E-state index contributed by atoms with van der Waals surface area (Å²) in [6.45, 7) is 2.49. The fourth-order valence-corrected chi connectivity index (χ4v) is 5.40. The zero-order valence-corrected chi connectivity index (χ0v) is 18.9. The van der Waals surface area contributed by atoms with Gasteiger partial charge in [0.05, 0.1) is 23.8 Å². The van der Waals surface area contributed by atoms with E-state index in [2.05, 4.69) is 36.4 Å². The average molecular weight is 445 g/mol. The first-order valence-corrected chi connectivity index (χ1v) is 11.6. The molecule has 0 radical (unpaired) electrons. The zero-order chi connectivity index (χ0) is 22.3. The van der Waals surface area contributed by atoms with Crippen LogP contribution in [0.2, 0.25) is 5.02 Å². The molecule has 2 unspecified atom stereocenters. The predicted molar refractivity (Wildman–Crippen MR) is 126 cm³/mol. The fourth-order valence-electron chi connectivity index (χ4n) is 5.24. The van der Waals surface area contributed by atoms with Crippen molar-refractivity contribution in [3.05, 3.63) is 82.0 Å². The molecule has 1 aliphatic carbocycles. The maximum atomic E-state index is 13.6. The SMILES string of the molecule is CC(C#N)n1cc(C(=O)C2=CCCC3(CCC2)OCc2ccccc23)c2ccc(Cl)cc21. The molecule has 2 atom stereocenters. The number of benzene rings is 2. The molecule has 162 valence electrons. The molecule has 0 saturated heterocycles. The molecule has 5 heteroatoms. The topological polar surface area (TPSA) is 55.0 Å². The van der Waals surface area contributed by atoms with Crippen molar-refractivity contribution in [2.45, 2.75) is 57.3 Å². The Morgan fingerprint density at radius 2 is 2.09 bits per heavy atom. The van der Waals surface area contributed by atoms with Crippen LogP contribution in [0.3, 0.4) is 0 Å². The molecule has 5 rings (SSSR count). The molecule has 1 aromatic heterocycles. The largest absolute Gasteiger partial charge is 0.366 e. The van der Waals surface area contributed by atoms with E-state index >= 15 is 0 Å². The second kappa shape index (κ2) is 8.24. The molecule has 2 aliphatic rings. The molecule has 1 spiro atoms. The third-order valence-corrected chi connectivity index (χ3v) is 7.15. The second-order valence-electron chi connectivity index (χ2n) is 8.81. The van der Waals surface area contributed by atoms with E-state index < -0.39 is 0 Å². The van der Waals surface area contributed by atoms with Crippen LogP contribution < -0.4 is 0 Å². The van der Waals surface area contributed by atoms with E-state index in [9.17, 15) is 10.1 Å². The molecule has 32 heavy (non-hydrogen) atoms. The van der Waals surface area contributed by atoms with Gasteiger partial charge in [-0.25, -0.2) is 0 Å². The summed E-state index contributed by atoms with van der Waals surface area (Å²) in [6, 6.07) is 15.9. The van der Waals surface area contributed by atoms with Gasteiger partial charge < -0.3 is 9.30 Å². The summed E-state index contributed by atoms with van der Waals surface area (Å²) in [6.07, 6.45) is 8.12. The molecule has 0 amide bonds. The summed E-state index contributed by atoms with van der Waals surface area (Å²) >= 11 is 6.21. The van der Waals surface area contributed by atoms with Crippen LogP contribution in [0.1, 0.15) is 66.6 Å². The zero-order valence-electron chi connectivity index (χ0n) is 18.1. The number of carbonyl (C=O) groups excluding carboxylic acids is 1. The van der Waals surface area contributed by atoms with Crippen molar-refractivity contribution >= 4 is 28.3 Å². The Balaban J connectivity index is 1.45. The van der Waals surface area contributed by atoms with Gasteiger partial charge in [0.1, 0.15) is 6.04 Å². The molecule has 4 nitrogen and oxygen atoms in total. The highest BCUT2D eigenvalue weighted by Gasteiger charge is 2.39. The van der Waals surface area contributed by atoms with Gasteiger partial charge in [0.2, 0.25) is 0 Å². The summed E-state index contributed by atoms with van der Waals surface area (Å²) in [7, 11) is 0. The van der Waals surface area contributed by atoms with Gasteiger partial charge in [0.15, 0.2) is 5.78 Å². The average Bonchev–Trinajstić information content (AvgIpc) is 3.34. The number of ether oxygens (including phenoxy) is 1. The molecular weight excluding hydrogens is 420 g/mol. The molecule has 2 aromatic carbocycles. The first kappa shape index (κ1) is 21.0. The van der Waals surface area contributed by atoms with Crippen LogP contribution >= 0.6 is 11.6 Å². The minimum atomic E-state index is -0.386. The van der Waals surface area contributed by atoms with Gasteiger partial charge in [0, 0.05) is 22.2 Å². The standard InChI is InChI=1S/C27H25ClN2O2/c1-18(15-29)30-16-23(22-11-10-21(28)14-25(22)30)26(31)19-7-4-12-27(13-5-8-19)24-9-3-2-6-20(24)17-32-27/h2-3,6-7,9-11,14,16,18H,4-5,8,12-13,17H2,1H3. The van der Waals surface area contributed by atoms with Crippen LogP contribution in [0.4, 0.5) is 0 Å². The fraction of sp³-hybridized carbons (Fsp3) is 0.333. The van der Waals surface area contributed by atoms with E-state index in [0.717, 1.165) is 48.6 Å². The first-order valence-electron chi connectivity index (χ1n) is 11.2. The lowest BCUT2D eigenvalue weighted by Crippen LogP contribution is -2.26. The maximum absolute atomic E-state index is 13.6. The van der Waals surface area contributed by atoms with Crippen LogP contribution in [0.15, 0.2) is 60.3 Å². The third-order valence-electron chi connectivity index (χ3n) is 6.91. The van der Waals surface area contributed by atoms with E-state index in [4.69, 9.17) is 16.3 Å². The Morgan fingerprint density at radius 3 is 2.94 bits per heavy atom. The minimum Gasteiger partial charge on any atom is -0.366 e. The van der Waals surface area contributed by atoms with Gasteiger partial charge in [-0.15, -0.1) is 0 Å². The number of rotatable bonds is 3. The summed E-state index contributed by atoms with van der Waals surface area (Å²) in [5.41, 5.74) is 4.68. The van der Waals surface area contributed by atoms with E-state index in [1.54, 1.807) is 6.07 Å². The van der Waals surface area contributed by atoms with Crippen LogP contribution in [0.5, 0.6) is 0 Å². The Hall–Kier alpha value is -2.87. The normalized spacial score (nSPS) is 21.5. The molecule has 0 N–H and O–H groups in total. The van der Waals surface area contributed by atoms with Crippen molar-refractivity contribution in [1.29, 1.82) is 5.26 Å². The lowest BCUT2D eigenvalue weighted by Gasteiger charge is -2.31. The Kier molecular flexibility index (Phi) is 5.41. The quantitative estimate of drug-likeness (QED) is 0.414. The molecule has 3 aromatic rings. The van der Waals surface area contributed by atoms with Crippen molar-refractivity contribution in [2.24, 2.45) is 0 Å². The number of allylic oxidation sites excluding steroid dienone is 2. The highest BCUT2D eigenvalue weighted by Crippen LogP contribution is 2.45. The highest BCUT2D eigenvalue weighted by atomic mass is 35.5.